The Bertz CT molecular complexity index is 764. The zero-order valence-electron chi connectivity index (χ0n) is 11.0. The summed E-state index contributed by atoms with van der Waals surface area (Å²) in [6, 6.07) is 0.952. The van der Waals surface area contributed by atoms with Crippen LogP contribution in [0.5, 0.6) is 5.75 Å². The van der Waals surface area contributed by atoms with E-state index < -0.39 is 56.9 Å². The van der Waals surface area contributed by atoms with Gasteiger partial charge in [-0.25, -0.2) is 4.39 Å². The van der Waals surface area contributed by atoms with Gasteiger partial charge < -0.3 is 4.18 Å². The van der Waals surface area contributed by atoms with Crippen LogP contribution in [0.1, 0.15) is 16.8 Å². The van der Waals surface area contributed by atoms with Gasteiger partial charge in [-0.05, 0) is 18.2 Å². The molecule has 0 saturated carbocycles. The van der Waals surface area contributed by atoms with Crippen LogP contribution in [0.4, 0.5) is 30.7 Å². The molecular formula is C11H5F7O5S. The van der Waals surface area contributed by atoms with Crippen molar-refractivity contribution in [2.75, 3.05) is 0 Å². The first-order valence-corrected chi connectivity index (χ1v) is 6.99. The van der Waals surface area contributed by atoms with Gasteiger partial charge in [0.25, 0.3) is 0 Å². The minimum atomic E-state index is -6.17. The summed E-state index contributed by atoms with van der Waals surface area (Å²) < 4.78 is 111. The fourth-order valence-electron chi connectivity index (χ4n) is 1.26. The number of hydrogen-bond donors (Lipinski definition) is 0. The van der Waals surface area contributed by atoms with Crippen LogP contribution in [0.25, 0.3) is 0 Å². The minimum absolute atomic E-state index is 0.146. The van der Waals surface area contributed by atoms with Crippen molar-refractivity contribution in [2.45, 2.75) is 18.1 Å². The molecule has 1 aromatic carbocycles. The van der Waals surface area contributed by atoms with Gasteiger partial charge in [-0.3, -0.25) is 9.59 Å². The summed E-state index contributed by atoms with van der Waals surface area (Å²) in [5, 5.41) is 0. The van der Waals surface area contributed by atoms with E-state index in [0.29, 0.717) is 12.1 Å². The molecule has 0 bridgehead atoms. The van der Waals surface area contributed by atoms with Gasteiger partial charge in [-0.2, -0.15) is 34.8 Å². The average Bonchev–Trinajstić information content (AvgIpc) is 2.38. The SMILES string of the molecule is O=C(CC(=O)C(F)(F)F)c1ccc(OS(=O)(=O)C(F)(F)F)c(F)c1. The summed E-state index contributed by atoms with van der Waals surface area (Å²) in [4.78, 5) is 22.0. The number of alkyl halides is 6. The van der Waals surface area contributed by atoms with E-state index in [2.05, 4.69) is 4.18 Å². The first kappa shape index (κ1) is 19.9. The number of hydrogen-bond acceptors (Lipinski definition) is 5. The molecular weight excluding hydrogens is 377 g/mol. The third-order valence-electron chi connectivity index (χ3n) is 2.37. The summed E-state index contributed by atoms with van der Waals surface area (Å²) in [5.41, 5.74) is -6.63. The maximum Gasteiger partial charge on any atom is 0.534 e. The molecule has 134 valence electrons. The molecule has 0 aromatic heterocycles. The molecule has 0 aliphatic heterocycles. The van der Waals surface area contributed by atoms with Gasteiger partial charge in [0, 0.05) is 5.56 Å². The molecule has 0 fully saturated rings. The van der Waals surface area contributed by atoms with E-state index in [0.717, 1.165) is 0 Å². The van der Waals surface area contributed by atoms with Crippen molar-refractivity contribution >= 4 is 21.7 Å². The predicted molar refractivity (Wildman–Crippen MR) is 62.0 cm³/mol. The lowest BCUT2D eigenvalue weighted by Crippen LogP contribution is -2.28. The van der Waals surface area contributed by atoms with E-state index in [1.807, 2.05) is 0 Å². The second-order valence-electron chi connectivity index (χ2n) is 4.15. The number of ketones is 2. The Labute approximate surface area is 129 Å². The first-order valence-electron chi connectivity index (χ1n) is 5.58. The monoisotopic (exact) mass is 382 g/mol. The van der Waals surface area contributed by atoms with Gasteiger partial charge in [-0.1, -0.05) is 0 Å². The number of halogens is 7. The summed E-state index contributed by atoms with van der Waals surface area (Å²) in [5.74, 6) is -7.06. The zero-order valence-corrected chi connectivity index (χ0v) is 11.9. The van der Waals surface area contributed by atoms with Crippen molar-refractivity contribution in [1.82, 2.24) is 0 Å². The Hall–Kier alpha value is -2.18. The molecule has 1 rings (SSSR count). The predicted octanol–water partition coefficient (Wildman–Crippen LogP) is 2.76. The van der Waals surface area contributed by atoms with Gasteiger partial charge in [0.15, 0.2) is 17.3 Å². The highest BCUT2D eigenvalue weighted by Gasteiger charge is 2.49. The molecule has 0 aliphatic carbocycles. The molecule has 0 saturated heterocycles. The molecule has 5 nitrogen and oxygen atoms in total. The highest BCUT2D eigenvalue weighted by Crippen LogP contribution is 2.29. The lowest BCUT2D eigenvalue weighted by atomic mass is 10.1. The summed E-state index contributed by atoms with van der Waals surface area (Å²) in [6.45, 7) is 0. The van der Waals surface area contributed by atoms with Crippen LogP contribution in [-0.2, 0) is 14.9 Å². The van der Waals surface area contributed by atoms with E-state index in [9.17, 15) is 48.7 Å². The first-order chi connectivity index (χ1) is 10.6. The summed E-state index contributed by atoms with van der Waals surface area (Å²) in [7, 11) is -6.17. The van der Waals surface area contributed by atoms with E-state index in [4.69, 9.17) is 0 Å². The number of carbonyl (C=O) groups excluding carboxylic acids is 2. The van der Waals surface area contributed by atoms with E-state index in [-0.39, 0.29) is 6.07 Å². The van der Waals surface area contributed by atoms with Crippen LogP contribution in [0.3, 0.4) is 0 Å². The van der Waals surface area contributed by atoms with Crippen molar-refractivity contribution < 1.29 is 52.9 Å². The molecule has 0 heterocycles. The Balaban J connectivity index is 3.01. The van der Waals surface area contributed by atoms with Crippen molar-refractivity contribution in [3.05, 3.63) is 29.6 Å². The van der Waals surface area contributed by atoms with E-state index >= 15 is 0 Å². The van der Waals surface area contributed by atoms with Crippen LogP contribution in [0.2, 0.25) is 0 Å². The van der Waals surface area contributed by atoms with Gasteiger partial charge in [-0.15, -0.1) is 0 Å². The van der Waals surface area contributed by atoms with Crippen LogP contribution >= 0.6 is 0 Å². The highest BCUT2D eigenvalue weighted by molar-refractivity contribution is 7.88. The molecule has 0 aliphatic rings. The Morgan fingerprint density at radius 3 is 2.00 bits per heavy atom. The number of benzene rings is 1. The van der Waals surface area contributed by atoms with Crippen molar-refractivity contribution in [2.24, 2.45) is 0 Å². The molecule has 0 radical (unpaired) electrons. The van der Waals surface area contributed by atoms with Crippen molar-refractivity contribution in [1.29, 1.82) is 0 Å². The number of Topliss-reactive ketones (excluding diaryl/α,β-unsaturated/α-hetero) is 2. The molecule has 13 heteroatoms. The van der Waals surface area contributed by atoms with Crippen LogP contribution in [0, 0.1) is 5.82 Å². The van der Waals surface area contributed by atoms with Gasteiger partial charge >= 0.3 is 21.8 Å². The third-order valence-corrected chi connectivity index (χ3v) is 3.34. The summed E-state index contributed by atoms with van der Waals surface area (Å²) >= 11 is 0. The molecule has 0 spiro atoms. The maximum absolute atomic E-state index is 13.5. The second kappa shape index (κ2) is 6.37. The number of rotatable bonds is 5. The quantitative estimate of drug-likeness (QED) is 0.257. The summed E-state index contributed by atoms with van der Waals surface area (Å²) in [6.07, 6.45) is -6.94. The third kappa shape index (κ3) is 4.66. The average molecular weight is 382 g/mol. The van der Waals surface area contributed by atoms with Gasteiger partial charge in [0.05, 0.1) is 6.42 Å². The molecule has 0 atom stereocenters. The molecule has 1 aromatic rings. The Morgan fingerprint density at radius 1 is 1.04 bits per heavy atom. The fraction of sp³-hybridized carbons (Fsp3) is 0.273. The standard InChI is InChI=1S/C11H5F7O5S/c12-6-3-5(7(19)4-9(20)10(13,14)15)1-2-8(6)23-24(21,22)11(16,17)18/h1-3H,4H2. The minimum Gasteiger partial charge on any atom is -0.373 e. The number of carbonyl (C=O) groups is 2. The van der Waals surface area contributed by atoms with Crippen LogP contribution in [-0.4, -0.2) is 31.7 Å². The highest BCUT2D eigenvalue weighted by atomic mass is 32.2. The fourth-order valence-corrected chi connectivity index (χ4v) is 1.72. The van der Waals surface area contributed by atoms with Crippen molar-refractivity contribution in [3.8, 4) is 5.75 Å². The Morgan fingerprint density at radius 2 is 1.58 bits per heavy atom. The lowest BCUT2D eigenvalue weighted by Gasteiger charge is -2.10. The smallest absolute Gasteiger partial charge is 0.373 e. The van der Waals surface area contributed by atoms with Crippen LogP contribution < -0.4 is 4.18 Å². The van der Waals surface area contributed by atoms with E-state index in [1.165, 1.54) is 0 Å². The maximum atomic E-state index is 13.5. The van der Waals surface area contributed by atoms with E-state index in [1.54, 1.807) is 0 Å². The van der Waals surface area contributed by atoms with Crippen molar-refractivity contribution in [3.63, 3.8) is 0 Å². The van der Waals surface area contributed by atoms with Gasteiger partial charge in [0.1, 0.15) is 0 Å². The molecule has 0 amide bonds. The van der Waals surface area contributed by atoms with Gasteiger partial charge in [0.2, 0.25) is 5.78 Å². The topological polar surface area (TPSA) is 77.5 Å². The zero-order chi connectivity index (χ0) is 18.9. The lowest BCUT2D eigenvalue weighted by molar-refractivity contribution is -0.170. The van der Waals surface area contributed by atoms with Crippen LogP contribution in [0.15, 0.2) is 18.2 Å². The normalized spacial score (nSPS) is 12.8. The molecule has 0 N–H and O–H groups in total. The molecule has 24 heavy (non-hydrogen) atoms. The largest absolute Gasteiger partial charge is 0.534 e. The molecule has 0 unspecified atom stereocenters. The second-order valence-corrected chi connectivity index (χ2v) is 5.69. The Kier molecular flexibility index (Phi) is 5.28.